The molecule has 0 spiro atoms. The van der Waals surface area contributed by atoms with Gasteiger partial charge >= 0.3 is 0 Å². The van der Waals surface area contributed by atoms with Gasteiger partial charge in [-0.05, 0) is 107 Å². The summed E-state index contributed by atoms with van der Waals surface area (Å²) in [5.41, 5.74) is 3.08. The Kier molecular flexibility index (Phi) is 8.98. The van der Waals surface area contributed by atoms with E-state index in [1.54, 1.807) is 0 Å². The number of benzene rings is 2. The molecule has 42 heavy (non-hydrogen) atoms. The highest BCUT2D eigenvalue weighted by Gasteiger charge is 2.31. The third-order valence-corrected chi connectivity index (χ3v) is 10.2. The summed E-state index contributed by atoms with van der Waals surface area (Å²) in [4.78, 5) is 32.8. The molecule has 2 aliphatic rings. The molecule has 0 unspecified atom stereocenters. The number of hydrogen-bond donors (Lipinski definition) is 2. The predicted molar refractivity (Wildman–Crippen MR) is 162 cm³/mol. The number of carbonyl (C=O) groups excluding carboxylic acids is 2. The smallest absolute Gasteiger partial charge is 0.257 e. The molecule has 1 saturated carbocycles. The first-order valence-corrected chi connectivity index (χ1v) is 16.7. The quantitative estimate of drug-likeness (QED) is 0.390. The number of fused-ring (bicyclic) bond motifs is 1. The number of hydrogen-bond acceptors (Lipinski definition) is 6. The maximum Gasteiger partial charge on any atom is 0.257 e. The number of halogens is 1. The molecule has 0 atom stereocenters. The Bertz CT molecular complexity index is 1540. The lowest BCUT2D eigenvalue weighted by Gasteiger charge is -2.31. The highest BCUT2D eigenvalue weighted by molar-refractivity contribution is 7.91. The molecular formula is C31H40FN5O4S. The number of carbonyl (C=O) groups is 2. The van der Waals surface area contributed by atoms with Crippen LogP contribution in [-0.4, -0.2) is 65.3 Å². The Morgan fingerprint density at radius 2 is 1.67 bits per heavy atom. The normalized spacial score (nSPS) is 20.6. The molecule has 1 aliphatic heterocycles. The second kappa shape index (κ2) is 12.5. The van der Waals surface area contributed by atoms with Crippen molar-refractivity contribution in [2.45, 2.75) is 76.3 Å². The number of imidazole rings is 1. The van der Waals surface area contributed by atoms with Crippen LogP contribution in [0.1, 0.15) is 74.3 Å². The summed E-state index contributed by atoms with van der Waals surface area (Å²) in [7, 11) is -3.03. The van der Waals surface area contributed by atoms with Gasteiger partial charge in [0.2, 0.25) is 11.9 Å². The first-order chi connectivity index (χ1) is 20.0. The van der Waals surface area contributed by atoms with E-state index in [0.717, 1.165) is 55.4 Å². The number of piperidine rings is 1. The molecule has 0 bridgehead atoms. The summed E-state index contributed by atoms with van der Waals surface area (Å²) in [6.45, 7) is 6.05. The summed E-state index contributed by atoms with van der Waals surface area (Å²) in [5.74, 6) is -0.303. The van der Waals surface area contributed by atoms with Crippen LogP contribution in [0.15, 0.2) is 42.5 Å². The largest absolute Gasteiger partial charge is 0.354 e. The van der Waals surface area contributed by atoms with E-state index in [4.69, 9.17) is 4.98 Å². The second-order valence-electron chi connectivity index (χ2n) is 12.1. The van der Waals surface area contributed by atoms with Crippen molar-refractivity contribution in [3.63, 3.8) is 0 Å². The maximum atomic E-state index is 13.5. The zero-order chi connectivity index (χ0) is 30.0. The van der Waals surface area contributed by atoms with Gasteiger partial charge in [-0.15, -0.1) is 0 Å². The number of aromatic nitrogens is 2. The van der Waals surface area contributed by atoms with Gasteiger partial charge in [0.1, 0.15) is 15.7 Å². The lowest BCUT2D eigenvalue weighted by atomic mass is 9.85. The summed E-state index contributed by atoms with van der Waals surface area (Å²) in [6.07, 6.45) is 5.60. The van der Waals surface area contributed by atoms with Gasteiger partial charge in [0.25, 0.3) is 5.91 Å². The molecule has 2 fully saturated rings. The van der Waals surface area contributed by atoms with E-state index in [-0.39, 0.29) is 35.1 Å². The fourth-order valence-corrected chi connectivity index (χ4v) is 7.29. The SMILES string of the molecule is CC(C)NC(=O)C1CCC(n2c(NC(=O)c3ccc(F)cc3)nc3ccc(CN4CCC(S(C)(=O)=O)CC4)cc32)CC1. The number of rotatable bonds is 8. The minimum atomic E-state index is -3.03. The fraction of sp³-hybridized carbons (Fsp3) is 0.516. The summed E-state index contributed by atoms with van der Waals surface area (Å²) in [6, 6.07) is 11.6. The molecule has 1 saturated heterocycles. The molecule has 0 radical (unpaired) electrons. The molecule has 9 nitrogen and oxygen atoms in total. The molecule has 11 heteroatoms. The standard InChI is InChI=1S/C31H40FN5O4S/c1-20(2)33-29(38)23-7-11-25(12-8-23)37-28-18-21(19-36-16-14-26(15-17-36)42(3,40)41)4-13-27(28)34-31(37)35-30(39)22-5-9-24(32)10-6-22/h4-6,9-10,13,18,20,23,25-26H,7-8,11-12,14-17,19H2,1-3H3,(H,33,38)(H,34,35,39). The van der Waals surface area contributed by atoms with Gasteiger partial charge < -0.3 is 9.88 Å². The minimum absolute atomic E-state index is 0.0406. The Morgan fingerprint density at radius 3 is 2.29 bits per heavy atom. The van der Waals surface area contributed by atoms with Crippen LogP contribution in [0.2, 0.25) is 0 Å². The topological polar surface area (TPSA) is 113 Å². The van der Waals surface area contributed by atoms with Crippen LogP contribution in [0.3, 0.4) is 0 Å². The molecule has 226 valence electrons. The van der Waals surface area contributed by atoms with Gasteiger partial charge in [-0.3, -0.25) is 19.8 Å². The molecule has 2 amide bonds. The van der Waals surface area contributed by atoms with Crippen LogP contribution < -0.4 is 10.6 Å². The van der Waals surface area contributed by atoms with E-state index in [9.17, 15) is 22.4 Å². The Morgan fingerprint density at radius 1 is 1.00 bits per heavy atom. The molecule has 1 aromatic heterocycles. The van der Waals surface area contributed by atoms with Crippen molar-refractivity contribution < 1.29 is 22.4 Å². The molecule has 1 aliphatic carbocycles. The first-order valence-electron chi connectivity index (χ1n) is 14.8. The average molecular weight is 598 g/mol. The average Bonchev–Trinajstić information content (AvgIpc) is 3.30. The number of nitrogens with zero attached hydrogens (tertiary/aromatic N) is 3. The van der Waals surface area contributed by atoms with E-state index in [1.807, 2.05) is 26.0 Å². The molecule has 5 rings (SSSR count). The summed E-state index contributed by atoms with van der Waals surface area (Å²) in [5, 5.41) is 5.71. The van der Waals surface area contributed by atoms with Crippen LogP contribution in [-0.2, 0) is 21.2 Å². The molecule has 2 heterocycles. The van der Waals surface area contributed by atoms with E-state index in [0.29, 0.717) is 30.9 Å². The van der Waals surface area contributed by atoms with Gasteiger partial charge in [0.05, 0.1) is 16.3 Å². The van der Waals surface area contributed by atoms with E-state index in [2.05, 4.69) is 26.2 Å². The van der Waals surface area contributed by atoms with Crippen molar-refractivity contribution in [3.8, 4) is 0 Å². The number of likely N-dealkylation sites (tertiary alicyclic amines) is 1. The van der Waals surface area contributed by atoms with Crippen molar-refractivity contribution in [1.29, 1.82) is 0 Å². The summed E-state index contributed by atoms with van der Waals surface area (Å²) >= 11 is 0. The van der Waals surface area contributed by atoms with Crippen LogP contribution in [0.4, 0.5) is 10.3 Å². The Balaban J connectivity index is 1.40. The molecular weight excluding hydrogens is 557 g/mol. The number of nitrogens with one attached hydrogen (secondary N) is 2. The molecule has 2 N–H and O–H groups in total. The molecule has 3 aromatic rings. The zero-order valence-electron chi connectivity index (χ0n) is 24.5. The Labute approximate surface area is 246 Å². The third kappa shape index (κ3) is 7.00. The van der Waals surface area contributed by atoms with Crippen LogP contribution in [0.25, 0.3) is 11.0 Å². The van der Waals surface area contributed by atoms with Crippen molar-refractivity contribution >= 4 is 38.6 Å². The van der Waals surface area contributed by atoms with Gasteiger partial charge in [0.15, 0.2) is 0 Å². The van der Waals surface area contributed by atoms with Crippen molar-refractivity contribution in [2.24, 2.45) is 5.92 Å². The maximum absolute atomic E-state index is 13.5. The van der Waals surface area contributed by atoms with Crippen molar-refractivity contribution in [1.82, 2.24) is 19.8 Å². The summed E-state index contributed by atoms with van der Waals surface area (Å²) < 4.78 is 39.5. The lowest BCUT2D eigenvalue weighted by Crippen LogP contribution is -2.38. The number of anilines is 1. The van der Waals surface area contributed by atoms with Crippen molar-refractivity contribution in [3.05, 3.63) is 59.4 Å². The first kappa shape index (κ1) is 30.2. The van der Waals surface area contributed by atoms with E-state index < -0.39 is 15.7 Å². The van der Waals surface area contributed by atoms with Crippen molar-refractivity contribution in [2.75, 3.05) is 24.7 Å². The lowest BCUT2D eigenvalue weighted by molar-refractivity contribution is -0.126. The molecule has 2 aromatic carbocycles. The number of amides is 2. The van der Waals surface area contributed by atoms with E-state index >= 15 is 0 Å². The monoisotopic (exact) mass is 597 g/mol. The van der Waals surface area contributed by atoms with Gasteiger partial charge in [-0.2, -0.15) is 0 Å². The third-order valence-electron chi connectivity index (χ3n) is 8.50. The highest BCUT2D eigenvalue weighted by atomic mass is 32.2. The van der Waals surface area contributed by atoms with Crippen LogP contribution >= 0.6 is 0 Å². The minimum Gasteiger partial charge on any atom is -0.354 e. The fourth-order valence-electron chi connectivity index (χ4n) is 6.22. The van der Waals surface area contributed by atoms with Crippen LogP contribution in [0.5, 0.6) is 0 Å². The van der Waals surface area contributed by atoms with Gasteiger partial charge in [-0.1, -0.05) is 6.07 Å². The predicted octanol–water partition coefficient (Wildman–Crippen LogP) is 4.69. The highest BCUT2D eigenvalue weighted by Crippen LogP contribution is 2.37. The number of sulfone groups is 1. The van der Waals surface area contributed by atoms with Crippen LogP contribution in [0, 0.1) is 11.7 Å². The second-order valence-corrected chi connectivity index (χ2v) is 14.4. The van der Waals surface area contributed by atoms with Gasteiger partial charge in [0, 0.05) is 36.4 Å². The van der Waals surface area contributed by atoms with Gasteiger partial charge in [-0.25, -0.2) is 17.8 Å². The Hall–Kier alpha value is -3.31. The zero-order valence-corrected chi connectivity index (χ0v) is 25.3. The van der Waals surface area contributed by atoms with E-state index in [1.165, 1.54) is 30.5 Å².